The highest BCUT2D eigenvalue weighted by molar-refractivity contribution is 7.22. The summed E-state index contributed by atoms with van der Waals surface area (Å²) in [5.74, 6) is 0.381. The fourth-order valence-electron chi connectivity index (χ4n) is 3.91. The van der Waals surface area contributed by atoms with E-state index < -0.39 is 0 Å². The molecule has 0 bridgehead atoms. The lowest BCUT2D eigenvalue weighted by molar-refractivity contribution is -0.136. The van der Waals surface area contributed by atoms with Gasteiger partial charge in [-0.1, -0.05) is 16.5 Å². The number of carbonyl (C=O) groups excluding carboxylic acids is 2. The number of aromatic nitrogens is 2. The van der Waals surface area contributed by atoms with E-state index in [1.807, 2.05) is 25.1 Å². The molecule has 1 fully saturated rings. The standard InChI is InChI=1S/C20H20N4O4S/c1-2-27-14-3-4-16-17(8-14)29-20(21-16)24-10-12(7-18(24)25)19(26)23-6-5-15-13(9-23)11-28-22-15/h3-4,8,11-12H,2,5-7,9-10H2,1H3. The molecule has 0 spiro atoms. The average molecular weight is 412 g/mol. The number of anilines is 1. The second-order valence-corrected chi connectivity index (χ2v) is 8.27. The monoisotopic (exact) mass is 412 g/mol. The number of amides is 2. The summed E-state index contributed by atoms with van der Waals surface area (Å²) in [5.41, 5.74) is 2.69. The Kier molecular flexibility index (Phi) is 4.46. The van der Waals surface area contributed by atoms with E-state index in [0.717, 1.165) is 27.2 Å². The SMILES string of the molecule is CCOc1ccc2nc(N3CC(C(=O)N4CCc5nocc5C4)CC3=O)sc2c1. The van der Waals surface area contributed by atoms with Crippen LogP contribution in [0.5, 0.6) is 5.75 Å². The fourth-order valence-corrected chi connectivity index (χ4v) is 4.93. The van der Waals surface area contributed by atoms with Crippen LogP contribution in [0.3, 0.4) is 0 Å². The summed E-state index contributed by atoms with van der Waals surface area (Å²) in [5, 5.41) is 4.59. The molecule has 1 unspecified atom stereocenters. The molecule has 1 aromatic carbocycles. The summed E-state index contributed by atoms with van der Waals surface area (Å²) in [6.45, 7) is 3.99. The summed E-state index contributed by atoms with van der Waals surface area (Å²) in [7, 11) is 0. The van der Waals surface area contributed by atoms with Crippen LogP contribution in [0.2, 0.25) is 0 Å². The van der Waals surface area contributed by atoms with E-state index in [0.29, 0.717) is 37.8 Å². The highest BCUT2D eigenvalue weighted by Gasteiger charge is 2.39. The molecule has 3 aromatic rings. The molecule has 29 heavy (non-hydrogen) atoms. The highest BCUT2D eigenvalue weighted by Crippen LogP contribution is 2.35. The molecule has 2 aliphatic rings. The number of ether oxygens (including phenoxy) is 1. The van der Waals surface area contributed by atoms with Crippen molar-refractivity contribution >= 4 is 38.5 Å². The lowest BCUT2D eigenvalue weighted by atomic mass is 10.0. The quantitative estimate of drug-likeness (QED) is 0.655. The average Bonchev–Trinajstić information content (AvgIpc) is 3.44. The first-order chi connectivity index (χ1) is 14.1. The maximum absolute atomic E-state index is 13.0. The van der Waals surface area contributed by atoms with Crippen molar-refractivity contribution < 1.29 is 18.8 Å². The highest BCUT2D eigenvalue weighted by atomic mass is 32.1. The Hall–Kier alpha value is -2.94. The Morgan fingerprint density at radius 1 is 1.41 bits per heavy atom. The number of fused-ring (bicyclic) bond motifs is 2. The van der Waals surface area contributed by atoms with E-state index in [4.69, 9.17) is 9.26 Å². The molecule has 0 radical (unpaired) electrons. The summed E-state index contributed by atoms with van der Waals surface area (Å²) >= 11 is 1.45. The van der Waals surface area contributed by atoms with Crippen molar-refractivity contribution in [1.29, 1.82) is 0 Å². The third-order valence-electron chi connectivity index (χ3n) is 5.38. The van der Waals surface area contributed by atoms with E-state index in [1.165, 1.54) is 11.3 Å². The van der Waals surface area contributed by atoms with Gasteiger partial charge in [-0.05, 0) is 25.1 Å². The molecule has 8 nitrogen and oxygen atoms in total. The zero-order valence-corrected chi connectivity index (χ0v) is 16.8. The third kappa shape index (κ3) is 3.25. The van der Waals surface area contributed by atoms with Crippen molar-refractivity contribution in [3.8, 4) is 5.75 Å². The zero-order valence-electron chi connectivity index (χ0n) is 16.0. The molecule has 1 saturated heterocycles. The Morgan fingerprint density at radius 3 is 3.17 bits per heavy atom. The number of nitrogens with zero attached hydrogens (tertiary/aromatic N) is 4. The summed E-state index contributed by atoms with van der Waals surface area (Å²) < 4.78 is 11.5. The van der Waals surface area contributed by atoms with Gasteiger partial charge in [-0.2, -0.15) is 0 Å². The molecule has 5 rings (SSSR count). The van der Waals surface area contributed by atoms with Crippen molar-refractivity contribution in [2.45, 2.75) is 26.3 Å². The van der Waals surface area contributed by atoms with E-state index in [1.54, 1.807) is 16.1 Å². The predicted octanol–water partition coefficient (Wildman–Crippen LogP) is 2.62. The van der Waals surface area contributed by atoms with Gasteiger partial charge in [0.05, 0.1) is 35.0 Å². The number of benzene rings is 1. The number of thiazole rings is 1. The smallest absolute Gasteiger partial charge is 0.229 e. The Morgan fingerprint density at radius 2 is 2.31 bits per heavy atom. The summed E-state index contributed by atoms with van der Waals surface area (Å²) in [6, 6.07) is 5.71. The van der Waals surface area contributed by atoms with Crippen LogP contribution in [-0.4, -0.2) is 46.6 Å². The van der Waals surface area contributed by atoms with Gasteiger partial charge in [0.2, 0.25) is 11.8 Å². The molecule has 1 atom stereocenters. The molecule has 9 heteroatoms. The largest absolute Gasteiger partial charge is 0.494 e. The fraction of sp³-hybridized carbons (Fsp3) is 0.400. The molecule has 150 valence electrons. The van der Waals surface area contributed by atoms with Crippen molar-refractivity contribution in [1.82, 2.24) is 15.0 Å². The van der Waals surface area contributed by atoms with E-state index >= 15 is 0 Å². The summed E-state index contributed by atoms with van der Waals surface area (Å²) in [6.07, 6.45) is 2.49. The van der Waals surface area contributed by atoms with Crippen molar-refractivity contribution in [3.63, 3.8) is 0 Å². The predicted molar refractivity (Wildman–Crippen MR) is 107 cm³/mol. The number of carbonyl (C=O) groups is 2. The van der Waals surface area contributed by atoms with Gasteiger partial charge in [0.25, 0.3) is 0 Å². The first-order valence-corrected chi connectivity index (χ1v) is 10.5. The molecular formula is C20H20N4O4S. The van der Waals surface area contributed by atoms with Crippen LogP contribution in [0.15, 0.2) is 29.0 Å². The molecule has 0 saturated carbocycles. The zero-order chi connectivity index (χ0) is 20.0. The van der Waals surface area contributed by atoms with Crippen LogP contribution in [0, 0.1) is 5.92 Å². The van der Waals surface area contributed by atoms with Crippen LogP contribution >= 0.6 is 11.3 Å². The molecule has 2 aromatic heterocycles. The minimum absolute atomic E-state index is 0.00689. The topological polar surface area (TPSA) is 88.8 Å². The Balaban J connectivity index is 1.32. The number of rotatable bonds is 4. The second kappa shape index (κ2) is 7.14. The van der Waals surface area contributed by atoms with Gasteiger partial charge >= 0.3 is 0 Å². The van der Waals surface area contributed by atoms with Crippen LogP contribution in [-0.2, 0) is 22.6 Å². The third-order valence-corrected chi connectivity index (χ3v) is 6.43. The van der Waals surface area contributed by atoms with Gasteiger partial charge in [0, 0.05) is 31.5 Å². The number of hydrogen-bond donors (Lipinski definition) is 0. The Labute approximate surface area is 171 Å². The van der Waals surface area contributed by atoms with Gasteiger partial charge < -0.3 is 14.2 Å². The van der Waals surface area contributed by atoms with Gasteiger partial charge in [-0.15, -0.1) is 0 Å². The number of hydrogen-bond acceptors (Lipinski definition) is 7. The molecule has 2 aliphatic heterocycles. The van der Waals surface area contributed by atoms with E-state index in [-0.39, 0.29) is 24.2 Å². The first kappa shape index (κ1) is 18.1. The van der Waals surface area contributed by atoms with Gasteiger partial charge in [-0.25, -0.2) is 4.98 Å². The minimum Gasteiger partial charge on any atom is -0.494 e. The lowest BCUT2D eigenvalue weighted by Crippen LogP contribution is -2.40. The van der Waals surface area contributed by atoms with Gasteiger partial charge in [-0.3, -0.25) is 14.5 Å². The molecule has 0 aliphatic carbocycles. The van der Waals surface area contributed by atoms with Crippen LogP contribution in [0.1, 0.15) is 24.6 Å². The van der Waals surface area contributed by atoms with E-state index in [9.17, 15) is 9.59 Å². The Bertz CT molecular complexity index is 1090. The van der Waals surface area contributed by atoms with Crippen LogP contribution < -0.4 is 9.64 Å². The van der Waals surface area contributed by atoms with Gasteiger partial charge in [0.15, 0.2) is 5.13 Å². The normalized spacial score (nSPS) is 19.1. The molecule has 4 heterocycles. The maximum Gasteiger partial charge on any atom is 0.229 e. The molecule has 2 amide bonds. The van der Waals surface area contributed by atoms with Gasteiger partial charge in [0.1, 0.15) is 12.0 Å². The first-order valence-electron chi connectivity index (χ1n) is 9.67. The summed E-state index contributed by atoms with van der Waals surface area (Å²) in [4.78, 5) is 33.7. The van der Waals surface area contributed by atoms with Crippen LogP contribution in [0.4, 0.5) is 5.13 Å². The van der Waals surface area contributed by atoms with Crippen molar-refractivity contribution in [2.24, 2.45) is 5.92 Å². The minimum atomic E-state index is -0.352. The molecular weight excluding hydrogens is 392 g/mol. The van der Waals surface area contributed by atoms with Crippen molar-refractivity contribution in [2.75, 3.05) is 24.6 Å². The lowest BCUT2D eigenvalue weighted by Gasteiger charge is -2.28. The molecule has 0 N–H and O–H groups in total. The van der Waals surface area contributed by atoms with E-state index in [2.05, 4.69) is 10.1 Å². The maximum atomic E-state index is 13.0. The van der Waals surface area contributed by atoms with Crippen molar-refractivity contribution in [3.05, 3.63) is 35.7 Å². The second-order valence-electron chi connectivity index (χ2n) is 7.26. The van der Waals surface area contributed by atoms with Crippen LogP contribution in [0.25, 0.3) is 10.2 Å².